The fourth-order valence-corrected chi connectivity index (χ4v) is 3.47. The molecule has 4 rings (SSSR count). The Morgan fingerprint density at radius 3 is 2.55 bits per heavy atom. The van der Waals surface area contributed by atoms with Gasteiger partial charge < -0.3 is 19.5 Å². The minimum atomic E-state index is -0.230. The number of anilines is 2. The molecule has 1 aliphatic heterocycles. The van der Waals surface area contributed by atoms with E-state index in [-0.39, 0.29) is 5.91 Å². The largest absolute Gasteiger partial charge is 0.467 e. The van der Waals surface area contributed by atoms with Crippen LogP contribution in [0.5, 0.6) is 0 Å². The van der Waals surface area contributed by atoms with Gasteiger partial charge in [-0.3, -0.25) is 4.79 Å². The number of aromatic nitrogens is 2. The van der Waals surface area contributed by atoms with Crippen LogP contribution >= 0.6 is 0 Å². The highest BCUT2D eigenvalue weighted by molar-refractivity contribution is 5.92. The summed E-state index contributed by atoms with van der Waals surface area (Å²) >= 11 is 0. The third kappa shape index (κ3) is 4.56. The van der Waals surface area contributed by atoms with Gasteiger partial charge in [-0.15, -0.1) is 0 Å². The molecule has 1 aromatic carbocycles. The van der Waals surface area contributed by atoms with Crippen LogP contribution < -0.4 is 15.1 Å². The van der Waals surface area contributed by atoms with E-state index in [1.807, 2.05) is 13.0 Å². The minimum absolute atomic E-state index is 0.230. The fourth-order valence-electron chi connectivity index (χ4n) is 3.47. The SMILES string of the molecule is Cc1cccc(N2CCN(c3nc(C)cc(C(=O)NCc4ccco4)n3)CC2)c1. The van der Waals surface area contributed by atoms with Gasteiger partial charge in [-0.25, -0.2) is 9.97 Å². The Hall–Kier alpha value is -3.35. The van der Waals surface area contributed by atoms with Crippen molar-refractivity contribution >= 4 is 17.5 Å². The summed E-state index contributed by atoms with van der Waals surface area (Å²) in [5, 5.41) is 2.84. The zero-order valence-electron chi connectivity index (χ0n) is 16.8. The van der Waals surface area contributed by atoms with Crippen molar-refractivity contribution in [3.05, 3.63) is 71.4 Å². The van der Waals surface area contributed by atoms with Gasteiger partial charge in [0.2, 0.25) is 5.95 Å². The van der Waals surface area contributed by atoms with Crippen molar-refractivity contribution in [3.8, 4) is 0 Å². The lowest BCUT2D eigenvalue weighted by Gasteiger charge is -2.36. The second-order valence-electron chi connectivity index (χ2n) is 7.27. The molecule has 0 bridgehead atoms. The second-order valence-corrected chi connectivity index (χ2v) is 7.27. The number of benzene rings is 1. The number of hydrogen-bond acceptors (Lipinski definition) is 6. The molecule has 1 amide bonds. The molecule has 0 atom stereocenters. The van der Waals surface area contributed by atoms with Crippen molar-refractivity contribution in [2.24, 2.45) is 0 Å². The molecular formula is C22H25N5O2. The average Bonchev–Trinajstić information content (AvgIpc) is 3.25. The first-order valence-electron chi connectivity index (χ1n) is 9.81. The first-order valence-corrected chi connectivity index (χ1v) is 9.81. The predicted molar refractivity (Wildman–Crippen MR) is 112 cm³/mol. The summed E-state index contributed by atoms with van der Waals surface area (Å²) in [5.74, 6) is 1.08. The molecule has 29 heavy (non-hydrogen) atoms. The molecule has 2 aromatic heterocycles. The first-order chi connectivity index (χ1) is 14.1. The highest BCUT2D eigenvalue weighted by Crippen LogP contribution is 2.20. The quantitative estimate of drug-likeness (QED) is 0.721. The van der Waals surface area contributed by atoms with Gasteiger partial charge in [-0.1, -0.05) is 12.1 Å². The van der Waals surface area contributed by atoms with E-state index in [1.165, 1.54) is 11.3 Å². The van der Waals surface area contributed by atoms with Crippen LogP contribution in [-0.2, 0) is 6.54 Å². The number of furan rings is 1. The number of carbonyl (C=O) groups is 1. The number of aryl methyl sites for hydroxylation is 2. The van der Waals surface area contributed by atoms with Gasteiger partial charge in [-0.2, -0.15) is 0 Å². The molecule has 7 heteroatoms. The molecule has 1 aliphatic rings. The molecule has 7 nitrogen and oxygen atoms in total. The number of piperazine rings is 1. The number of nitrogens with zero attached hydrogens (tertiary/aromatic N) is 4. The van der Waals surface area contributed by atoms with Gasteiger partial charge in [-0.05, 0) is 49.7 Å². The molecule has 1 fully saturated rings. The summed E-state index contributed by atoms with van der Waals surface area (Å²) in [6.45, 7) is 7.73. The zero-order valence-corrected chi connectivity index (χ0v) is 16.8. The van der Waals surface area contributed by atoms with Gasteiger partial charge in [0.15, 0.2) is 0 Å². The van der Waals surface area contributed by atoms with E-state index in [0.29, 0.717) is 23.9 Å². The Labute approximate surface area is 170 Å². The normalized spacial score (nSPS) is 14.1. The summed E-state index contributed by atoms with van der Waals surface area (Å²) < 4.78 is 5.26. The average molecular weight is 391 g/mol. The third-order valence-corrected chi connectivity index (χ3v) is 5.01. The van der Waals surface area contributed by atoms with Crippen LogP contribution in [0.2, 0.25) is 0 Å². The summed E-state index contributed by atoms with van der Waals surface area (Å²) in [5.41, 5.74) is 3.66. The van der Waals surface area contributed by atoms with Gasteiger partial charge in [0.1, 0.15) is 11.5 Å². The van der Waals surface area contributed by atoms with Crippen LogP contribution in [0.1, 0.15) is 27.5 Å². The van der Waals surface area contributed by atoms with E-state index < -0.39 is 0 Å². The van der Waals surface area contributed by atoms with Crippen LogP contribution in [0.25, 0.3) is 0 Å². The molecule has 1 saturated heterocycles. The van der Waals surface area contributed by atoms with E-state index in [2.05, 4.69) is 56.3 Å². The molecule has 3 aromatic rings. The standard InChI is InChI=1S/C22H25N5O2/c1-16-5-3-6-18(13-16)26-8-10-27(11-9-26)22-24-17(2)14-20(25-22)21(28)23-15-19-7-4-12-29-19/h3-7,12-14H,8-11,15H2,1-2H3,(H,23,28). The molecule has 0 saturated carbocycles. The maximum absolute atomic E-state index is 12.5. The summed E-state index contributed by atoms with van der Waals surface area (Å²) in [7, 11) is 0. The van der Waals surface area contributed by atoms with E-state index >= 15 is 0 Å². The first kappa shape index (κ1) is 19.0. The van der Waals surface area contributed by atoms with E-state index in [9.17, 15) is 4.79 Å². The fraction of sp³-hybridized carbons (Fsp3) is 0.318. The summed E-state index contributed by atoms with van der Waals surface area (Å²) in [6.07, 6.45) is 1.59. The molecule has 0 unspecified atom stereocenters. The van der Waals surface area contributed by atoms with Gasteiger partial charge in [0.05, 0.1) is 12.8 Å². The Bertz CT molecular complexity index is 979. The highest BCUT2D eigenvalue weighted by atomic mass is 16.3. The molecule has 150 valence electrons. The van der Waals surface area contributed by atoms with Crippen LogP contribution in [0, 0.1) is 13.8 Å². The van der Waals surface area contributed by atoms with Crippen molar-refractivity contribution in [1.82, 2.24) is 15.3 Å². The Morgan fingerprint density at radius 1 is 1.03 bits per heavy atom. The lowest BCUT2D eigenvalue weighted by atomic mass is 10.2. The molecule has 0 radical (unpaired) electrons. The Balaban J connectivity index is 1.42. The number of rotatable bonds is 5. The van der Waals surface area contributed by atoms with E-state index in [0.717, 1.165) is 31.9 Å². The van der Waals surface area contributed by atoms with Gasteiger partial charge >= 0.3 is 0 Å². The highest BCUT2D eigenvalue weighted by Gasteiger charge is 2.21. The van der Waals surface area contributed by atoms with Gasteiger partial charge in [0, 0.05) is 37.6 Å². The lowest BCUT2D eigenvalue weighted by Crippen LogP contribution is -2.47. The number of amides is 1. The summed E-state index contributed by atoms with van der Waals surface area (Å²) in [4.78, 5) is 26.1. The molecule has 1 N–H and O–H groups in total. The molecule has 0 aliphatic carbocycles. The number of hydrogen-bond donors (Lipinski definition) is 1. The second kappa shape index (κ2) is 8.34. The van der Waals surface area contributed by atoms with Crippen LogP contribution in [0.4, 0.5) is 11.6 Å². The lowest BCUT2D eigenvalue weighted by molar-refractivity contribution is 0.0943. The van der Waals surface area contributed by atoms with E-state index in [4.69, 9.17) is 4.42 Å². The topological polar surface area (TPSA) is 74.5 Å². The van der Waals surface area contributed by atoms with Crippen LogP contribution in [0.3, 0.4) is 0 Å². The molecule has 0 spiro atoms. The zero-order chi connectivity index (χ0) is 20.2. The van der Waals surface area contributed by atoms with Crippen molar-refractivity contribution in [2.75, 3.05) is 36.0 Å². The van der Waals surface area contributed by atoms with Crippen molar-refractivity contribution in [3.63, 3.8) is 0 Å². The maximum atomic E-state index is 12.5. The number of nitrogens with one attached hydrogen (secondary N) is 1. The van der Waals surface area contributed by atoms with Crippen molar-refractivity contribution < 1.29 is 9.21 Å². The number of carbonyl (C=O) groups excluding carboxylic acids is 1. The minimum Gasteiger partial charge on any atom is -0.467 e. The maximum Gasteiger partial charge on any atom is 0.270 e. The third-order valence-electron chi connectivity index (χ3n) is 5.01. The van der Waals surface area contributed by atoms with Crippen LogP contribution in [-0.4, -0.2) is 42.1 Å². The Kier molecular flexibility index (Phi) is 5.46. The van der Waals surface area contributed by atoms with Crippen LogP contribution in [0.15, 0.2) is 53.1 Å². The molecular weight excluding hydrogens is 366 g/mol. The van der Waals surface area contributed by atoms with E-state index in [1.54, 1.807) is 18.4 Å². The van der Waals surface area contributed by atoms with Gasteiger partial charge in [0.25, 0.3) is 5.91 Å². The van der Waals surface area contributed by atoms with Crippen molar-refractivity contribution in [2.45, 2.75) is 20.4 Å². The smallest absolute Gasteiger partial charge is 0.270 e. The summed E-state index contributed by atoms with van der Waals surface area (Å²) in [6, 6.07) is 13.9. The Morgan fingerprint density at radius 2 is 1.83 bits per heavy atom. The monoisotopic (exact) mass is 391 g/mol. The molecule has 3 heterocycles. The predicted octanol–water partition coefficient (Wildman–Crippen LogP) is 2.94. The van der Waals surface area contributed by atoms with Crippen molar-refractivity contribution in [1.29, 1.82) is 0 Å².